The molecule has 4 aliphatic heterocycles. The second-order valence-corrected chi connectivity index (χ2v) is 15.1. The molecule has 3 fully saturated rings. The molecule has 0 radical (unpaired) electrons. The number of hydrogen-bond donors (Lipinski definition) is 1. The van der Waals surface area contributed by atoms with Crippen molar-refractivity contribution in [2.24, 2.45) is 11.8 Å². The first-order chi connectivity index (χ1) is 24.6. The molecule has 1 aromatic heterocycles. The molecular formula is C36H39FN6O7S. The number of anilines is 1. The summed E-state index contributed by atoms with van der Waals surface area (Å²) >= 11 is 0. The zero-order valence-electron chi connectivity index (χ0n) is 28.4. The minimum absolute atomic E-state index is 0.0309. The summed E-state index contributed by atoms with van der Waals surface area (Å²) in [6, 6.07) is 12.0. The molecule has 3 saturated heterocycles. The average Bonchev–Trinajstić information content (AvgIpc) is 3.38. The monoisotopic (exact) mass is 718 g/mol. The van der Waals surface area contributed by atoms with Gasteiger partial charge >= 0.3 is 6.03 Å². The van der Waals surface area contributed by atoms with Crippen molar-refractivity contribution in [2.75, 3.05) is 57.9 Å². The number of aromatic nitrogens is 1. The van der Waals surface area contributed by atoms with Crippen LogP contribution < -0.4 is 19.1 Å². The molecule has 0 unspecified atom stereocenters. The maximum absolute atomic E-state index is 15.0. The third-order valence-electron chi connectivity index (χ3n) is 10.8. The minimum Gasteiger partial charge on any atom is -0.495 e. The molecule has 51 heavy (non-hydrogen) atoms. The van der Waals surface area contributed by atoms with E-state index in [-0.39, 0.29) is 34.0 Å². The Morgan fingerprint density at radius 3 is 2.33 bits per heavy atom. The van der Waals surface area contributed by atoms with Gasteiger partial charge in [0.1, 0.15) is 16.5 Å². The molecule has 7 rings (SSSR count). The van der Waals surface area contributed by atoms with E-state index in [1.807, 2.05) is 6.07 Å². The van der Waals surface area contributed by atoms with Gasteiger partial charge in [-0.15, -0.1) is 0 Å². The average molecular weight is 719 g/mol. The van der Waals surface area contributed by atoms with Gasteiger partial charge in [0.25, 0.3) is 15.9 Å². The van der Waals surface area contributed by atoms with Gasteiger partial charge in [0.2, 0.25) is 5.88 Å². The highest BCUT2D eigenvalue weighted by atomic mass is 32.2. The number of rotatable bonds is 8. The molecule has 0 spiro atoms. The highest BCUT2D eigenvalue weighted by Gasteiger charge is 2.59. The molecule has 3 aromatic rings. The number of nitriles is 1. The van der Waals surface area contributed by atoms with Crippen molar-refractivity contribution in [3.05, 3.63) is 77.2 Å². The van der Waals surface area contributed by atoms with Gasteiger partial charge in [-0.05, 0) is 93.1 Å². The Balaban J connectivity index is 1.23. The number of amides is 3. The molecule has 13 nitrogen and oxygen atoms in total. The molecule has 0 saturated carbocycles. The highest BCUT2D eigenvalue weighted by molar-refractivity contribution is 7.93. The second kappa shape index (κ2) is 13.7. The fourth-order valence-electron chi connectivity index (χ4n) is 7.94. The predicted octanol–water partition coefficient (Wildman–Crippen LogP) is 3.62. The predicted molar refractivity (Wildman–Crippen MR) is 182 cm³/mol. The molecular weight excluding hydrogens is 679 g/mol. The fraction of sp³-hybridized carbons (Fsp3) is 0.444. The zero-order valence-corrected chi connectivity index (χ0v) is 29.2. The van der Waals surface area contributed by atoms with E-state index in [4.69, 9.17) is 14.2 Å². The number of hydrogen-bond acceptors (Lipinski definition) is 10. The van der Waals surface area contributed by atoms with Crippen molar-refractivity contribution in [3.8, 4) is 17.7 Å². The third-order valence-corrected chi connectivity index (χ3v) is 12.5. The Labute approximate surface area is 295 Å². The van der Waals surface area contributed by atoms with Gasteiger partial charge in [-0.1, -0.05) is 0 Å². The van der Waals surface area contributed by atoms with E-state index in [1.165, 1.54) is 44.7 Å². The smallest absolute Gasteiger partial charge is 0.318 e. The van der Waals surface area contributed by atoms with Gasteiger partial charge in [-0.3, -0.25) is 9.69 Å². The Kier molecular flexibility index (Phi) is 9.34. The number of methoxy groups -OCH3 is 2. The first kappa shape index (κ1) is 34.7. The SMILES string of the molecule is COc1cc(F)ccc1S(=O)(=O)N1C(=O)[C@@](NC(=O)N2CCC(C3CCN(C4COC4)CC3)CC2)(c2cccnc2OC)c2cc(C#N)ccc21. The van der Waals surface area contributed by atoms with E-state index in [0.29, 0.717) is 35.3 Å². The fourth-order valence-corrected chi connectivity index (χ4v) is 9.55. The number of nitrogens with one attached hydrogen (secondary N) is 1. The largest absolute Gasteiger partial charge is 0.495 e. The first-order valence-electron chi connectivity index (χ1n) is 17.0. The molecule has 0 bridgehead atoms. The van der Waals surface area contributed by atoms with Gasteiger partial charge in [0.15, 0.2) is 5.54 Å². The number of carbonyl (C=O) groups excluding carboxylic acids is 2. The normalized spacial score (nSPS) is 21.9. The van der Waals surface area contributed by atoms with E-state index in [2.05, 4.69) is 15.2 Å². The van der Waals surface area contributed by atoms with E-state index >= 15 is 4.79 Å². The van der Waals surface area contributed by atoms with Crippen molar-refractivity contribution < 1.29 is 36.6 Å². The molecule has 0 aliphatic carbocycles. The van der Waals surface area contributed by atoms with Crippen molar-refractivity contribution >= 4 is 27.6 Å². The van der Waals surface area contributed by atoms with E-state index < -0.39 is 38.2 Å². The number of nitrogens with zero attached hydrogens (tertiary/aromatic N) is 5. The third kappa shape index (κ3) is 5.94. The van der Waals surface area contributed by atoms with Crippen molar-refractivity contribution in [3.63, 3.8) is 0 Å². The van der Waals surface area contributed by atoms with E-state index in [9.17, 15) is 22.9 Å². The van der Waals surface area contributed by atoms with Crippen LogP contribution >= 0.6 is 0 Å². The molecule has 268 valence electrons. The van der Waals surface area contributed by atoms with Crippen molar-refractivity contribution in [2.45, 2.75) is 42.2 Å². The summed E-state index contributed by atoms with van der Waals surface area (Å²) in [4.78, 5) is 37.3. The standard InChI is InChI=1S/C36H39FN6O7S/c1-48-31-19-26(37)6-8-32(31)51(46,47)43-30-7-5-23(20-38)18-29(30)36(34(43)44,28-4-3-13-39-33(28)49-2)40-35(45)42-16-11-25(12-17-42)24-9-14-41(15-10-24)27-21-50-22-27/h3-8,13,18-19,24-25,27H,9-12,14-17,21-22H2,1-2H3,(H,40,45)/t36-/m1/s1. The van der Waals surface area contributed by atoms with Gasteiger partial charge in [0.05, 0.1) is 56.4 Å². The molecule has 3 amide bonds. The number of fused-ring (bicyclic) bond motifs is 1. The molecule has 15 heteroatoms. The van der Waals surface area contributed by atoms with Crippen LogP contribution in [-0.2, 0) is 25.1 Å². The Bertz CT molecular complexity index is 1990. The number of likely N-dealkylation sites (tertiary alicyclic amines) is 2. The second-order valence-electron chi connectivity index (χ2n) is 13.3. The summed E-state index contributed by atoms with van der Waals surface area (Å²) in [5.41, 5.74) is -2.05. The number of ether oxygens (including phenoxy) is 3. The van der Waals surface area contributed by atoms with Crippen LogP contribution in [0.4, 0.5) is 14.9 Å². The maximum Gasteiger partial charge on any atom is 0.318 e. The molecule has 5 heterocycles. The van der Waals surface area contributed by atoms with Gasteiger partial charge in [0, 0.05) is 30.9 Å². The van der Waals surface area contributed by atoms with Crippen LogP contribution in [0, 0.1) is 29.0 Å². The Hall–Kier alpha value is -4.78. The van der Waals surface area contributed by atoms with Crippen molar-refractivity contribution in [1.82, 2.24) is 20.1 Å². The Morgan fingerprint density at radius 2 is 1.71 bits per heavy atom. The van der Waals surface area contributed by atoms with Gasteiger partial charge in [-0.25, -0.2) is 22.6 Å². The van der Waals surface area contributed by atoms with Crippen LogP contribution in [0.1, 0.15) is 42.4 Å². The number of sulfonamides is 1. The Morgan fingerprint density at radius 1 is 1.00 bits per heavy atom. The van der Waals surface area contributed by atoms with E-state index in [1.54, 1.807) is 11.0 Å². The molecule has 4 aliphatic rings. The zero-order chi connectivity index (χ0) is 35.9. The molecule has 2 aromatic carbocycles. The van der Waals surface area contributed by atoms with Crippen LogP contribution in [-0.4, -0.2) is 94.8 Å². The summed E-state index contributed by atoms with van der Waals surface area (Å²) in [7, 11) is -2.26. The maximum atomic E-state index is 15.0. The lowest BCUT2D eigenvalue weighted by Gasteiger charge is -2.44. The quantitative estimate of drug-likeness (QED) is 0.365. The van der Waals surface area contributed by atoms with Gasteiger partial charge in [-0.2, -0.15) is 9.57 Å². The minimum atomic E-state index is -4.79. The van der Waals surface area contributed by atoms with Crippen LogP contribution in [0.25, 0.3) is 0 Å². The van der Waals surface area contributed by atoms with Crippen LogP contribution in [0.5, 0.6) is 11.6 Å². The summed E-state index contributed by atoms with van der Waals surface area (Å²) in [5, 5.41) is 12.8. The lowest BCUT2D eigenvalue weighted by atomic mass is 9.78. The molecule has 1 atom stereocenters. The number of urea groups is 1. The highest BCUT2D eigenvalue weighted by Crippen LogP contribution is 2.50. The summed E-state index contributed by atoms with van der Waals surface area (Å²) < 4.78 is 59.8. The topological polar surface area (TPSA) is 154 Å². The number of carbonyl (C=O) groups is 2. The molecule has 1 N–H and O–H groups in total. The summed E-state index contributed by atoms with van der Waals surface area (Å²) in [6.45, 7) is 4.59. The summed E-state index contributed by atoms with van der Waals surface area (Å²) in [5.74, 6) is -1.12. The van der Waals surface area contributed by atoms with Crippen molar-refractivity contribution in [1.29, 1.82) is 5.26 Å². The number of pyridine rings is 1. The van der Waals surface area contributed by atoms with E-state index in [0.717, 1.165) is 70.2 Å². The number of halogens is 1. The number of piperidine rings is 2. The summed E-state index contributed by atoms with van der Waals surface area (Å²) in [6.07, 6.45) is 5.24. The number of benzene rings is 2. The van der Waals surface area contributed by atoms with Crippen LogP contribution in [0.2, 0.25) is 0 Å². The first-order valence-corrected chi connectivity index (χ1v) is 18.4. The van der Waals surface area contributed by atoms with Crippen LogP contribution in [0.3, 0.4) is 0 Å². The lowest BCUT2D eigenvalue weighted by molar-refractivity contribution is -0.121. The lowest BCUT2D eigenvalue weighted by Crippen LogP contribution is -2.58. The van der Waals surface area contributed by atoms with Gasteiger partial charge < -0.3 is 24.4 Å². The van der Waals surface area contributed by atoms with Crippen LogP contribution in [0.15, 0.2) is 59.6 Å².